The fourth-order valence-electron chi connectivity index (χ4n) is 2.72. The van der Waals surface area contributed by atoms with Gasteiger partial charge in [-0.05, 0) is 26.3 Å². The molecule has 2 heterocycles. The number of nitrogens with zero attached hydrogens (tertiary/aromatic N) is 1. The van der Waals surface area contributed by atoms with Gasteiger partial charge in [-0.3, -0.25) is 9.69 Å². The lowest BCUT2D eigenvalue weighted by molar-refractivity contribution is -0.145. The van der Waals surface area contributed by atoms with Crippen molar-refractivity contribution in [2.45, 2.75) is 44.4 Å². The van der Waals surface area contributed by atoms with Crippen LogP contribution in [0.3, 0.4) is 0 Å². The molecule has 2 aliphatic heterocycles. The zero-order valence-electron chi connectivity index (χ0n) is 10.8. The Morgan fingerprint density at radius 2 is 2.17 bits per heavy atom. The number of piperidine rings is 1. The van der Waals surface area contributed by atoms with Gasteiger partial charge in [0.05, 0.1) is 6.26 Å². The molecule has 0 aliphatic carbocycles. The molecule has 0 aromatic carbocycles. The standard InChI is InChI=1S/C11H20N2O4S/c1-8-6-10(11(14)17-8)13-5-3-4-9(7-13)12-18(2,15)16/h8-10,12H,3-7H2,1-2H3/t8-,9-,10-/m1/s1. The first-order valence-corrected chi connectivity index (χ1v) is 8.16. The third-order valence-corrected chi connectivity index (χ3v) is 4.18. The highest BCUT2D eigenvalue weighted by Crippen LogP contribution is 2.23. The number of carbonyl (C=O) groups excluding carboxylic acids is 1. The normalized spacial score (nSPS) is 34.6. The fourth-order valence-corrected chi connectivity index (χ4v) is 3.52. The smallest absolute Gasteiger partial charge is 0.323 e. The van der Waals surface area contributed by atoms with Crippen molar-refractivity contribution in [3.05, 3.63) is 0 Å². The van der Waals surface area contributed by atoms with Crippen LogP contribution >= 0.6 is 0 Å². The largest absolute Gasteiger partial charge is 0.461 e. The minimum Gasteiger partial charge on any atom is -0.461 e. The number of likely N-dealkylation sites (tertiary alicyclic amines) is 1. The molecule has 2 aliphatic rings. The Bertz CT molecular complexity index is 423. The van der Waals surface area contributed by atoms with Crippen LogP contribution in [0.4, 0.5) is 0 Å². The maximum Gasteiger partial charge on any atom is 0.323 e. The molecular formula is C11H20N2O4S. The lowest BCUT2D eigenvalue weighted by atomic mass is 10.0. The summed E-state index contributed by atoms with van der Waals surface area (Å²) < 4.78 is 30.2. The van der Waals surface area contributed by atoms with Crippen LogP contribution in [0.2, 0.25) is 0 Å². The Morgan fingerprint density at radius 3 is 2.72 bits per heavy atom. The zero-order valence-corrected chi connectivity index (χ0v) is 11.6. The van der Waals surface area contributed by atoms with Crippen LogP contribution in [0, 0.1) is 0 Å². The van der Waals surface area contributed by atoms with Gasteiger partial charge in [0, 0.05) is 19.0 Å². The van der Waals surface area contributed by atoms with Crippen molar-refractivity contribution in [2.24, 2.45) is 0 Å². The zero-order chi connectivity index (χ0) is 13.3. The molecule has 0 radical (unpaired) electrons. The number of sulfonamides is 1. The van der Waals surface area contributed by atoms with E-state index >= 15 is 0 Å². The maximum absolute atomic E-state index is 11.7. The summed E-state index contributed by atoms with van der Waals surface area (Å²) in [6, 6.07) is -0.304. The summed E-state index contributed by atoms with van der Waals surface area (Å²) in [6.07, 6.45) is 3.54. The topological polar surface area (TPSA) is 75.7 Å². The molecule has 0 spiro atoms. The van der Waals surface area contributed by atoms with E-state index in [9.17, 15) is 13.2 Å². The van der Waals surface area contributed by atoms with E-state index in [0.717, 1.165) is 25.6 Å². The second-order valence-electron chi connectivity index (χ2n) is 5.22. The fraction of sp³-hybridized carbons (Fsp3) is 0.909. The van der Waals surface area contributed by atoms with Gasteiger partial charge in [0.1, 0.15) is 12.1 Å². The van der Waals surface area contributed by atoms with Crippen molar-refractivity contribution in [3.8, 4) is 0 Å². The number of hydrogen-bond donors (Lipinski definition) is 1. The molecule has 7 heteroatoms. The van der Waals surface area contributed by atoms with Crippen LogP contribution < -0.4 is 4.72 Å². The molecule has 2 fully saturated rings. The average molecular weight is 276 g/mol. The van der Waals surface area contributed by atoms with Crippen molar-refractivity contribution >= 4 is 16.0 Å². The molecule has 2 rings (SSSR count). The predicted octanol–water partition coefficient (Wildman–Crippen LogP) is -0.296. The summed E-state index contributed by atoms with van der Waals surface area (Å²) in [5, 5.41) is 0. The molecule has 2 saturated heterocycles. The second-order valence-corrected chi connectivity index (χ2v) is 7.00. The molecular weight excluding hydrogens is 256 g/mol. The molecule has 0 saturated carbocycles. The lowest BCUT2D eigenvalue weighted by Gasteiger charge is -2.34. The summed E-state index contributed by atoms with van der Waals surface area (Å²) in [6.45, 7) is 3.29. The van der Waals surface area contributed by atoms with E-state index in [0.29, 0.717) is 13.0 Å². The Labute approximate surface area is 108 Å². The molecule has 0 bridgehead atoms. The van der Waals surface area contributed by atoms with Gasteiger partial charge in [-0.1, -0.05) is 0 Å². The van der Waals surface area contributed by atoms with Gasteiger partial charge in [0.25, 0.3) is 0 Å². The lowest BCUT2D eigenvalue weighted by Crippen LogP contribution is -2.51. The summed E-state index contributed by atoms with van der Waals surface area (Å²) in [5.41, 5.74) is 0. The molecule has 0 aromatic rings. The van der Waals surface area contributed by atoms with Crippen LogP contribution in [-0.2, 0) is 19.6 Å². The third kappa shape index (κ3) is 3.43. The number of rotatable bonds is 3. The van der Waals surface area contributed by atoms with E-state index in [-0.39, 0.29) is 24.2 Å². The van der Waals surface area contributed by atoms with Crippen molar-refractivity contribution in [1.82, 2.24) is 9.62 Å². The molecule has 0 unspecified atom stereocenters. The molecule has 6 nitrogen and oxygen atoms in total. The molecule has 0 amide bonds. The summed E-state index contributed by atoms with van der Waals surface area (Å²) in [5.74, 6) is -0.178. The number of nitrogens with one attached hydrogen (secondary N) is 1. The van der Waals surface area contributed by atoms with E-state index in [1.807, 2.05) is 11.8 Å². The van der Waals surface area contributed by atoms with E-state index < -0.39 is 10.0 Å². The van der Waals surface area contributed by atoms with Crippen LogP contribution in [0.5, 0.6) is 0 Å². The van der Waals surface area contributed by atoms with Gasteiger partial charge in [-0.25, -0.2) is 13.1 Å². The first-order valence-electron chi connectivity index (χ1n) is 6.27. The van der Waals surface area contributed by atoms with Gasteiger partial charge in [-0.15, -0.1) is 0 Å². The van der Waals surface area contributed by atoms with Gasteiger partial charge < -0.3 is 4.74 Å². The molecule has 1 N–H and O–H groups in total. The van der Waals surface area contributed by atoms with Crippen LogP contribution in [-0.4, -0.2) is 56.8 Å². The van der Waals surface area contributed by atoms with Gasteiger partial charge in [0.15, 0.2) is 0 Å². The average Bonchev–Trinajstić information content (AvgIpc) is 2.55. The quantitative estimate of drug-likeness (QED) is 0.717. The second kappa shape index (κ2) is 5.14. The van der Waals surface area contributed by atoms with Gasteiger partial charge >= 0.3 is 5.97 Å². The van der Waals surface area contributed by atoms with Gasteiger partial charge in [0.2, 0.25) is 10.0 Å². The van der Waals surface area contributed by atoms with E-state index in [4.69, 9.17) is 4.74 Å². The molecule has 0 aromatic heterocycles. The van der Waals surface area contributed by atoms with Crippen LogP contribution in [0.25, 0.3) is 0 Å². The minimum absolute atomic E-state index is 0.0363. The number of hydrogen-bond acceptors (Lipinski definition) is 5. The first-order chi connectivity index (χ1) is 8.35. The Hall–Kier alpha value is -0.660. The maximum atomic E-state index is 11.7. The van der Waals surface area contributed by atoms with Crippen molar-refractivity contribution < 1.29 is 17.9 Å². The SMILES string of the molecule is C[C@@H]1C[C@@H](N2CCC[C@@H](NS(C)(=O)=O)C2)C(=O)O1. The first kappa shape index (κ1) is 13.8. The van der Waals surface area contributed by atoms with E-state index in [1.54, 1.807) is 0 Å². The Morgan fingerprint density at radius 1 is 1.44 bits per heavy atom. The van der Waals surface area contributed by atoms with Crippen molar-refractivity contribution in [2.75, 3.05) is 19.3 Å². The summed E-state index contributed by atoms with van der Waals surface area (Å²) in [7, 11) is -3.19. The highest BCUT2D eigenvalue weighted by atomic mass is 32.2. The molecule has 104 valence electrons. The number of carbonyl (C=O) groups is 1. The Balaban J connectivity index is 1.96. The molecule has 3 atom stereocenters. The number of esters is 1. The highest BCUT2D eigenvalue weighted by Gasteiger charge is 2.38. The molecule has 18 heavy (non-hydrogen) atoms. The number of ether oxygens (including phenoxy) is 1. The Kier molecular flexibility index (Phi) is 3.93. The monoisotopic (exact) mass is 276 g/mol. The van der Waals surface area contributed by atoms with Crippen molar-refractivity contribution in [3.63, 3.8) is 0 Å². The minimum atomic E-state index is -3.19. The highest BCUT2D eigenvalue weighted by molar-refractivity contribution is 7.88. The predicted molar refractivity (Wildman–Crippen MR) is 66.5 cm³/mol. The van der Waals surface area contributed by atoms with Gasteiger partial charge in [-0.2, -0.15) is 0 Å². The third-order valence-electron chi connectivity index (χ3n) is 3.42. The van der Waals surface area contributed by atoms with E-state index in [2.05, 4.69) is 4.72 Å². The summed E-state index contributed by atoms with van der Waals surface area (Å²) >= 11 is 0. The van der Waals surface area contributed by atoms with E-state index in [1.165, 1.54) is 0 Å². The summed E-state index contributed by atoms with van der Waals surface area (Å²) in [4.78, 5) is 13.7. The van der Waals surface area contributed by atoms with Crippen LogP contribution in [0.1, 0.15) is 26.2 Å². The van der Waals surface area contributed by atoms with Crippen molar-refractivity contribution in [1.29, 1.82) is 0 Å². The van der Waals surface area contributed by atoms with Crippen LogP contribution in [0.15, 0.2) is 0 Å². The number of cyclic esters (lactones) is 1.